The van der Waals surface area contributed by atoms with E-state index in [1.54, 1.807) is 0 Å². The molecule has 0 radical (unpaired) electrons. The minimum atomic E-state index is -0.0425. The summed E-state index contributed by atoms with van der Waals surface area (Å²) >= 11 is 0. The van der Waals surface area contributed by atoms with Crippen molar-refractivity contribution in [3.05, 3.63) is 86.5 Å². The van der Waals surface area contributed by atoms with Crippen molar-refractivity contribution < 1.29 is 4.74 Å². The number of ether oxygens (including phenoxy) is 1. The van der Waals surface area contributed by atoms with Gasteiger partial charge in [-0.25, -0.2) is 4.68 Å². The second-order valence-electron chi connectivity index (χ2n) is 10.6. The molecule has 0 spiro atoms. The lowest BCUT2D eigenvalue weighted by molar-refractivity contribution is 0.0893. The normalized spacial score (nSPS) is 16.5. The fraction of sp³-hybridized carbons (Fsp3) is 0.467. The lowest BCUT2D eigenvalue weighted by Crippen LogP contribution is -2.35. The molecule has 1 aliphatic rings. The highest BCUT2D eigenvalue weighted by molar-refractivity contribution is 5.82. The maximum atomic E-state index is 13.3. The summed E-state index contributed by atoms with van der Waals surface area (Å²) in [5.74, 6) is 0.830. The van der Waals surface area contributed by atoms with Gasteiger partial charge in [0.05, 0.1) is 24.2 Å². The minimum Gasteiger partial charge on any atom is -0.376 e. The zero-order valence-corrected chi connectivity index (χ0v) is 22.9. The Morgan fingerprint density at radius 1 is 1.13 bits per heavy atom. The maximum Gasteiger partial charge on any atom is 0.252 e. The van der Waals surface area contributed by atoms with Crippen LogP contribution in [-0.2, 0) is 24.2 Å². The standard InChI is InChI=1S/C30H38N6O2/c1-5-27(29-32-33-34-36(29)19-26-11-8-14-38-26)35(13-12-23-10-7-6-9-21(23)3)18-25-17-24-16-20(2)15-22(4)28(24)31-30(25)37/h6-7,9-10,15-17,26-27H,5,8,11-14,18-19H2,1-4H3,(H,31,37)/t26-,27+/m1/s1. The lowest BCUT2D eigenvalue weighted by Gasteiger charge is -2.30. The molecule has 1 N–H and O–H groups in total. The highest BCUT2D eigenvalue weighted by Gasteiger charge is 2.27. The Hall–Kier alpha value is -3.36. The molecule has 5 rings (SSSR count). The molecule has 2 aromatic heterocycles. The number of aromatic nitrogens is 5. The van der Waals surface area contributed by atoms with Gasteiger partial charge in [0.25, 0.3) is 5.56 Å². The molecule has 2 aromatic carbocycles. The molecule has 1 aliphatic heterocycles. The molecule has 4 aromatic rings. The first-order valence-corrected chi connectivity index (χ1v) is 13.7. The number of nitrogens with one attached hydrogen (secondary N) is 1. The zero-order chi connectivity index (χ0) is 26.6. The van der Waals surface area contributed by atoms with Crippen molar-refractivity contribution in [3.8, 4) is 0 Å². The number of pyridine rings is 1. The van der Waals surface area contributed by atoms with Gasteiger partial charge in [0.1, 0.15) is 0 Å². The Kier molecular flexibility index (Phi) is 8.00. The van der Waals surface area contributed by atoms with E-state index in [-0.39, 0.29) is 17.7 Å². The minimum absolute atomic E-state index is 0.0373. The van der Waals surface area contributed by atoms with Gasteiger partial charge in [-0.1, -0.05) is 42.8 Å². The van der Waals surface area contributed by atoms with Crippen LogP contribution in [0.1, 0.15) is 65.9 Å². The predicted molar refractivity (Wildman–Crippen MR) is 149 cm³/mol. The summed E-state index contributed by atoms with van der Waals surface area (Å²) in [6.07, 6.45) is 3.94. The van der Waals surface area contributed by atoms with Crippen LogP contribution in [0.4, 0.5) is 0 Å². The number of benzene rings is 2. The van der Waals surface area contributed by atoms with E-state index in [2.05, 4.69) is 88.6 Å². The molecule has 38 heavy (non-hydrogen) atoms. The molecular weight excluding hydrogens is 476 g/mol. The lowest BCUT2D eigenvalue weighted by atomic mass is 10.0. The number of aryl methyl sites for hydroxylation is 3. The van der Waals surface area contributed by atoms with Gasteiger partial charge in [-0.05, 0) is 91.1 Å². The van der Waals surface area contributed by atoms with Gasteiger partial charge in [0.15, 0.2) is 5.82 Å². The largest absolute Gasteiger partial charge is 0.376 e. The second-order valence-corrected chi connectivity index (χ2v) is 10.6. The highest BCUT2D eigenvalue weighted by atomic mass is 16.5. The van der Waals surface area contributed by atoms with Crippen molar-refractivity contribution in [3.63, 3.8) is 0 Å². The molecule has 0 unspecified atom stereocenters. The zero-order valence-electron chi connectivity index (χ0n) is 22.9. The summed E-state index contributed by atoms with van der Waals surface area (Å²) in [7, 11) is 0. The van der Waals surface area contributed by atoms with Gasteiger partial charge in [0, 0.05) is 25.3 Å². The van der Waals surface area contributed by atoms with E-state index in [4.69, 9.17) is 4.74 Å². The van der Waals surface area contributed by atoms with E-state index in [0.717, 1.165) is 66.7 Å². The monoisotopic (exact) mass is 514 g/mol. The van der Waals surface area contributed by atoms with Crippen molar-refractivity contribution in [2.24, 2.45) is 0 Å². The molecule has 0 amide bonds. The summed E-state index contributed by atoms with van der Waals surface area (Å²) in [6.45, 7) is 11.2. The molecule has 0 saturated carbocycles. The van der Waals surface area contributed by atoms with Gasteiger partial charge in [-0.2, -0.15) is 0 Å². The second kappa shape index (κ2) is 11.6. The number of tetrazole rings is 1. The Morgan fingerprint density at radius 2 is 1.97 bits per heavy atom. The third-order valence-electron chi connectivity index (χ3n) is 7.76. The average Bonchev–Trinajstić information content (AvgIpc) is 3.57. The number of aromatic amines is 1. The van der Waals surface area contributed by atoms with Gasteiger partial charge >= 0.3 is 0 Å². The number of hydrogen-bond acceptors (Lipinski definition) is 6. The first-order chi connectivity index (χ1) is 18.4. The summed E-state index contributed by atoms with van der Waals surface area (Å²) in [6, 6.07) is 14.8. The Bertz CT molecular complexity index is 1450. The summed E-state index contributed by atoms with van der Waals surface area (Å²) in [4.78, 5) is 18.8. The number of rotatable bonds is 10. The molecular formula is C30H38N6O2. The van der Waals surface area contributed by atoms with E-state index >= 15 is 0 Å². The van der Waals surface area contributed by atoms with Crippen LogP contribution in [-0.4, -0.2) is 49.3 Å². The summed E-state index contributed by atoms with van der Waals surface area (Å²) in [5.41, 5.74) is 6.47. The molecule has 8 nitrogen and oxygen atoms in total. The maximum absolute atomic E-state index is 13.3. The van der Waals surface area contributed by atoms with E-state index < -0.39 is 0 Å². The van der Waals surface area contributed by atoms with Crippen LogP contribution in [0.2, 0.25) is 0 Å². The first kappa shape index (κ1) is 26.3. The molecule has 0 aliphatic carbocycles. The van der Waals surface area contributed by atoms with Crippen LogP contribution < -0.4 is 5.56 Å². The van der Waals surface area contributed by atoms with Crippen LogP contribution in [0.5, 0.6) is 0 Å². The van der Waals surface area contributed by atoms with Gasteiger partial charge < -0.3 is 9.72 Å². The van der Waals surface area contributed by atoms with E-state index in [9.17, 15) is 4.79 Å². The molecule has 0 bridgehead atoms. The fourth-order valence-corrected chi connectivity index (χ4v) is 5.73. The summed E-state index contributed by atoms with van der Waals surface area (Å²) < 4.78 is 7.77. The van der Waals surface area contributed by atoms with E-state index in [1.807, 2.05) is 11.6 Å². The molecule has 1 fully saturated rings. The third-order valence-corrected chi connectivity index (χ3v) is 7.76. The van der Waals surface area contributed by atoms with Crippen LogP contribution in [0, 0.1) is 20.8 Å². The Morgan fingerprint density at radius 3 is 2.74 bits per heavy atom. The van der Waals surface area contributed by atoms with Crippen LogP contribution >= 0.6 is 0 Å². The summed E-state index contributed by atoms with van der Waals surface area (Å²) in [5, 5.41) is 13.9. The van der Waals surface area contributed by atoms with Crippen molar-refractivity contribution in [2.45, 2.75) is 78.6 Å². The third kappa shape index (κ3) is 5.71. The van der Waals surface area contributed by atoms with Gasteiger partial charge in [-0.15, -0.1) is 5.10 Å². The number of fused-ring (bicyclic) bond motifs is 1. The molecule has 8 heteroatoms. The van der Waals surface area contributed by atoms with Crippen molar-refractivity contribution in [2.75, 3.05) is 13.2 Å². The van der Waals surface area contributed by atoms with Crippen molar-refractivity contribution in [1.29, 1.82) is 0 Å². The predicted octanol–water partition coefficient (Wildman–Crippen LogP) is 4.81. The fourth-order valence-electron chi connectivity index (χ4n) is 5.73. The smallest absolute Gasteiger partial charge is 0.252 e. The molecule has 1 saturated heterocycles. The van der Waals surface area contributed by atoms with Gasteiger partial charge in [0.2, 0.25) is 0 Å². The Balaban J connectivity index is 1.49. The quantitative estimate of drug-likeness (QED) is 0.327. The molecule has 3 heterocycles. The Labute approximate surface area is 224 Å². The molecule has 2 atom stereocenters. The first-order valence-electron chi connectivity index (χ1n) is 13.7. The highest BCUT2D eigenvalue weighted by Crippen LogP contribution is 2.27. The topological polar surface area (TPSA) is 88.9 Å². The number of nitrogens with zero attached hydrogens (tertiary/aromatic N) is 5. The SMILES string of the molecule is CC[C@@H](c1nnnn1C[C@H]1CCCO1)N(CCc1ccccc1C)Cc1cc2cc(C)cc(C)c2[nH]c1=O. The van der Waals surface area contributed by atoms with Crippen molar-refractivity contribution >= 4 is 10.9 Å². The van der Waals surface area contributed by atoms with E-state index in [1.165, 1.54) is 16.7 Å². The van der Waals surface area contributed by atoms with Crippen LogP contribution in [0.15, 0.2) is 47.3 Å². The molecule has 200 valence electrons. The van der Waals surface area contributed by atoms with Crippen LogP contribution in [0.3, 0.4) is 0 Å². The van der Waals surface area contributed by atoms with E-state index in [0.29, 0.717) is 13.1 Å². The van der Waals surface area contributed by atoms with Crippen LogP contribution in [0.25, 0.3) is 10.9 Å². The number of hydrogen-bond donors (Lipinski definition) is 1. The van der Waals surface area contributed by atoms with Crippen molar-refractivity contribution in [1.82, 2.24) is 30.1 Å². The average molecular weight is 515 g/mol. The van der Waals surface area contributed by atoms with Gasteiger partial charge in [-0.3, -0.25) is 9.69 Å². The number of H-pyrrole nitrogens is 1.